The van der Waals surface area contributed by atoms with Crippen LogP contribution in [0, 0.1) is 5.82 Å². The van der Waals surface area contributed by atoms with Gasteiger partial charge in [-0.1, -0.05) is 50.3 Å². The largest absolute Gasteiger partial charge is 0.481 e. The molecule has 2 aromatic carbocycles. The first-order valence-corrected chi connectivity index (χ1v) is 12.1. The molecule has 3 aromatic rings. The molecule has 0 saturated heterocycles. The number of nitrogens with one attached hydrogen (secondary N) is 1. The predicted molar refractivity (Wildman–Crippen MR) is 138 cm³/mol. The average Bonchev–Trinajstić information content (AvgIpc) is 3.23. The lowest BCUT2D eigenvalue weighted by atomic mass is 9.98. The van der Waals surface area contributed by atoms with Crippen LogP contribution in [0.5, 0.6) is 0 Å². The zero-order chi connectivity index (χ0) is 27.1. The maximum absolute atomic E-state index is 13.6. The zero-order valence-electron chi connectivity index (χ0n) is 21.0. The maximum Gasteiger partial charge on any atom is 0.305 e. The summed E-state index contributed by atoms with van der Waals surface area (Å²) in [5.41, 5.74) is 2.77. The molecule has 0 saturated carbocycles. The Labute approximate surface area is 215 Å². The molecule has 0 bridgehead atoms. The van der Waals surface area contributed by atoms with Crippen molar-refractivity contribution in [2.24, 2.45) is 0 Å². The van der Waals surface area contributed by atoms with Crippen molar-refractivity contribution in [1.29, 1.82) is 0 Å². The highest BCUT2D eigenvalue weighted by Gasteiger charge is 2.26. The van der Waals surface area contributed by atoms with Crippen molar-refractivity contribution in [3.63, 3.8) is 0 Å². The Bertz CT molecular complexity index is 1240. The molecule has 1 heterocycles. The topological polar surface area (TPSA) is 125 Å². The molecule has 8 nitrogen and oxygen atoms in total. The fraction of sp³-hybridized carbons (Fsp3) is 0.321. The fourth-order valence-electron chi connectivity index (χ4n) is 4.05. The first-order valence-electron chi connectivity index (χ1n) is 12.1. The SMILES string of the molecule is CC(C)c1c(C(=O)N[C@H](C)c2ccccc2)nn(-c2ccc(F)cc2)c1C=C[C@@H](O)C[C@@H](O)CC(=O)O. The lowest BCUT2D eigenvalue weighted by Gasteiger charge is -2.15. The average molecular weight is 510 g/mol. The van der Waals surface area contributed by atoms with Crippen LogP contribution in [0.3, 0.4) is 0 Å². The van der Waals surface area contributed by atoms with Crippen LogP contribution in [-0.4, -0.2) is 49.2 Å². The van der Waals surface area contributed by atoms with Crippen LogP contribution >= 0.6 is 0 Å². The van der Waals surface area contributed by atoms with Gasteiger partial charge < -0.3 is 20.6 Å². The van der Waals surface area contributed by atoms with Crippen molar-refractivity contribution in [2.75, 3.05) is 0 Å². The van der Waals surface area contributed by atoms with Gasteiger partial charge in [0.15, 0.2) is 5.69 Å². The van der Waals surface area contributed by atoms with E-state index in [1.165, 1.54) is 35.0 Å². The number of carboxylic acids is 1. The zero-order valence-corrected chi connectivity index (χ0v) is 21.0. The number of carboxylic acid groups (broad SMARTS) is 1. The van der Waals surface area contributed by atoms with Gasteiger partial charge in [-0.2, -0.15) is 5.10 Å². The summed E-state index contributed by atoms with van der Waals surface area (Å²) in [4.78, 5) is 24.2. The molecule has 0 unspecified atom stereocenters. The third-order valence-electron chi connectivity index (χ3n) is 5.87. The Morgan fingerprint density at radius 1 is 1.05 bits per heavy atom. The van der Waals surface area contributed by atoms with Gasteiger partial charge in [0.05, 0.1) is 36.1 Å². The Kier molecular flexibility index (Phi) is 9.32. The molecule has 0 spiro atoms. The van der Waals surface area contributed by atoms with Crippen LogP contribution in [0.4, 0.5) is 4.39 Å². The standard InChI is InChI=1S/C28H32FN3O5/c1-17(2)26-24(14-13-22(33)15-23(34)16-25(35)36)32(21-11-9-20(29)10-12-21)31-27(26)28(37)30-18(3)19-7-5-4-6-8-19/h4-14,17-18,22-23,33-34H,15-16H2,1-3H3,(H,30,37)(H,35,36)/t18-,22-,23-/m1/s1. The molecule has 9 heteroatoms. The van der Waals surface area contributed by atoms with Crippen LogP contribution in [0.25, 0.3) is 11.8 Å². The van der Waals surface area contributed by atoms with Crippen LogP contribution in [0.15, 0.2) is 60.7 Å². The van der Waals surface area contributed by atoms with E-state index in [2.05, 4.69) is 10.4 Å². The normalized spacial score (nSPS) is 14.0. The van der Waals surface area contributed by atoms with E-state index in [0.29, 0.717) is 16.9 Å². The lowest BCUT2D eigenvalue weighted by molar-refractivity contribution is -0.139. The molecule has 0 radical (unpaired) electrons. The maximum atomic E-state index is 13.6. The Morgan fingerprint density at radius 3 is 2.30 bits per heavy atom. The quantitative estimate of drug-likeness (QED) is 0.307. The minimum absolute atomic E-state index is 0.142. The van der Waals surface area contributed by atoms with Gasteiger partial charge in [-0.05, 0) is 48.7 Å². The summed E-state index contributed by atoms with van der Waals surface area (Å²) in [6, 6.07) is 14.9. The summed E-state index contributed by atoms with van der Waals surface area (Å²) in [5.74, 6) is -2.11. The van der Waals surface area contributed by atoms with Gasteiger partial charge in [0.2, 0.25) is 0 Å². The number of rotatable bonds is 11. The van der Waals surface area contributed by atoms with Crippen LogP contribution in [0.1, 0.15) is 72.9 Å². The second kappa shape index (κ2) is 12.4. The van der Waals surface area contributed by atoms with E-state index in [-0.39, 0.29) is 30.0 Å². The van der Waals surface area contributed by atoms with E-state index < -0.39 is 30.4 Å². The second-order valence-electron chi connectivity index (χ2n) is 9.21. The molecule has 1 amide bonds. The van der Waals surface area contributed by atoms with Crippen molar-refractivity contribution in [3.05, 3.63) is 89.0 Å². The Balaban J connectivity index is 2.00. The summed E-state index contributed by atoms with van der Waals surface area (Å²) in [7, 11) is 0. The summed E-state index contributed by atoms with van der Waals surface area (Å²) in [5, 5.41) is 36.6. The van der Waals surface area contributed by atoms with Crippen LogP contribution in [0.2, 0.25) is 0 Å². The van der Waals surface area contributed by atoms with E-state index >= 15 is 0 Å². The minimum atomic E-state index is -1.22. The van der Waals surface area contributed by atoms with Gasteiger partial charge >= 0.3 is 5.97 Å². The second-order valence-corrected chi connectivity index (χ2v) is 9.21. The van der Waals surface area contributed by atoms with E-state index in [1.54, 1.807) is 6.08 Å². The molecule has 0 fully saturated rings. The van der Waals surface area contributed by atoms with Gasteiger partial charge in [0, 0.05) is 12.0 Å². The van der Waals surface area contributed by atoms with Crippen molar-refractivity contribution in [1.82, 2.24) is 15.1 Å². The number of hydrogen-bond acceptors (Lipinski definition) is 5. The molecule has 1 aromatic heterocycles. The number of aliphatic carboxylic acids is 1. The smallest absolute Gasteiger partial charge is 0.305 e. The highest BCUT2D eigenvalue weighted by Crippen LogP contribution is 2.28. The number of aliphatic hydroxyl groups is 2. The Hall–Kier alpha value is -3.82. The lowest BCUT2D eigenvalue weighted by Crippen LogP contribution is -2.28. The number of carbonyl (C=O) groups is 2. The van der Waals surface area contributed by atoms with Crippen LogP contribution in [-0.2, 0) is 4.79 Å². The van der Waals surface area contributed by atoms with Crippen molar-refractivity contribution in [3.8, 4) is 5.69 Å². The highest BCUT2D eigenvalue weighted by molar-refractivity contribution is 5.95. The molecular formula is C28H32FN3O5. The van der Waals surface area contributed by atoms with E-state index in [4.69, 9.17) is 5.11 Å². The first kappa shape index (κ1) is 27.8. The van der Waals surface area contributed by atoms with Crippen molar-refractivity contribution in [2.45, 2.75) is 57.8 Å². The Morgan fingerprint density at radius 2 is 1.70 bits per heavy atom. The molecule has 0 aliphatic carbocycles. The van der Waals surface area contributed by atoms with E-state index in [0.717, 1.165) is 5.56 Å². The molecular weight excluding hydrogens is 477 g/mol. The molecule has 3 atom stereocenters. The molecule has 3 rings (SSSR count). The molecule has 37 heavy (non-hydrogen) atoms. The fourth-order valence-corrected chi connectivity index (χ4v) is 4.05. The molecule has 0 aliphatic heterocycles. The number of nitrogens with zero attached hydrogens (tertiary/aromatic N) is 2. The van der Waals surface area contributed by atoms with Gasteiger partial charge in [0.25, 0.3) is 5.91 Å². The minimum Gasteiger partial charge on any atom is -0.481 e. The monoisotopic (exact) mass is 509 g/mol. The molecule has 4 N–H and O–H groups in total. The predicted octanol–water partition coefficient (Wildman–Crippen LogP) is 4.23. The number of amides is 1. The number of hydrogen-bond donors (Lipinski definition) is 4. The molecule has 0 aliphatic rings. The van der Waals surface area contributed by atoms with Crippen LogP contribution < -0.4 is 5.32 Å². The number of carbonyl (C=O) groups excluding carboxylic acids is 1. The number of aromatic nitrogens is 2. The number of benzene rings is 2. The third-order valence-corrected chi connectivity index (χ3v) is 5.87. The van der Waals surface area contributed by atoms with Gasteiger partial charge in [-0.3, -0.25) is 9.59 Å². The van der Waals surface area contributed by atoms with Gasteiger partial charge in [0.1, 0.15) is 5.82 Å². The van der Waals surface area contributed by atoms with E-state index in [9.17, 15) is 24.2 Å². The summed E-state index contributed by atoms with van der Waals surface area (Å²) in [6.07, 6.45) is -0.0129. The summed E-state index contributed by atoms with van der Waals surface area (Å²) < 4.78 is 15.1. The molecule has 196 valence electrons. The van der Waals surface area contributed by atoms with Crippen molar-refractivity contribution < 1.29 is 29.3 Å². The highest BCUT2D eigenvalue weighted by atomic mass is 19.1. The van der Waals surface area contributed by atoms with Crippen molar-refractivity contribution >= 4 is 18.0 Å². The summed E-state index contributed by atoms with van der Waals surface area (Å²) in [6.45, 7) is 5.69. The van der Waals surface area contributed by atoms with Gasteiger partial charge in [-0.25, -0.2) is 9.07 Å². The number of halogens is 1. The number of aliphatic hydroxyl groups excluding tert-OH is 2. The third kappa shape index (κ3) is 7.34. The summed E-state index contributed by atoms with van der Waals surface area (Å²) >= 11 is 0. The van der Waals surface area contributed by atoms with Gasteiger partial charge in [-0.15, -0.1) is 0 Å². The van der Waals surface area contributed by atoms with E-state index in [1.807, 2.05) is 51.1 Å². The first-order chi connectivity index (χ1) is 17.6.